The van der Waals surface area contributed by atoms with E-state index in [0.29, 0.717) is 11.4 Å². The number of carboxylic acid groups (broad SMARTS) is 1. The van der Waals surface area contributed by atoms with Crippen LogP contribution in [-0.2, 0) is 73.4 Å². The van der Waals surface area contributed by atoms with Gasteiger partial charge in [0.2, 0.25) is 53.4 Å². The standard InChI is InChI=1S/C83H93Cl3N8O27/c1-36(2)8-23-63(101)91-69-70(103)44-17-22-57(51(86)26-44)119-59-28-45-27-58(73(59)121-82-74(72(105)71(104)61(34-95)120-82)117-38(4)116-37(3)75(106)83(5,6)89-33-60(81(113)114-7)115-35-39-9-11-40(12-10-39)41-13-18-46(84)19-14-41)118-56-21-16-42(25-50(56)85)54(98)32-64(102)92-68(80(111)112)49-29-47(96)30-55(99)65(49)48-24-43(15-20-53(48)97)66(76(88)107)93-78(109)67(45)94-77(108)52(31-62(87)100)90-79(69)110/h9-22,24-30,36-38,52,54,60-61,66-72,74-75,82,89,95-99,103-106H,8,23,31-35H2,1-7H3,(H2,87,100)(H2,88,107)(H,90,110)(H,91,101)(H,92,102)(H,93,109)(H,94,108)(H,111,112)/t37?,38?,52-,54-,60?,61?,66+,67+,68+,69?,70+,71?,72?,74?,75?,82?/m0/s1. The van der Waals surface area contributed by atoms with Gasteiger partial charge in [-0.25, -0.2) is 9.59 Å². The number of fused-ring (bicyclic) bond motifs is 16. The van der Waals surface area contributed by atoms with Crippen LogP contribution in [0.15, 0.2) is 127 Å². The minimum absolute atomic E-state index is 0.0213. The normalized spacial score (nSPS) is 22.6. The molecular weight excluding hydrogens is 1650 g/mol. The highest BCUT2D eigenvalue weighted by atomic mass is 35.5. The molecule has 5 heterocycles. The molecule has 35 nitrogen and oxygen atoms in total. The van der Waals surface area contributed by atoms with Crippen LogP contribution in [0.2, 0.25) is 15.1 Å². The average molecular weight is 1740 g/mol. The van der Waals surface area contributed by atoms with Crippen LogP contribution in [0.4, 0.5) is 0 Å². The molecule has 20 N–H and O–H groups in total. The maximum absolute atomic E-state index is 15.9. The Bertz CT molecular complexity index is 4990. The molecule has 121 heavy (non-hydrogen) atoms. The number of aliphatic hydroxyl groups excluding tert-OH is 6. The van der Waals surface area contributed by atoms with Crippen LogP contribution in [0.5, 0.6) is 46.0 Å². The summed E-state index contributed by atoms with van der Waals surface area (Å²) in [6.07, 6.45) is -21.2. The van der Waals surface area contributed by atoms with Crippen LogP contribution in [0.1, 0.15) is 131 Å². The summed E-state index contributed by atoms with van der Waals surface area (Å²) in [4.78, 5) is 127. The fourth-order valence-corrected chi connectivity index (χ4v) is 14.3. The smallest absolute Gasteiger partial charge is 0.336 e. The topological polar surface area (TPSA) is 554 Å². The number of carboxylic acids is 1. The molecule has 0 aliphatic carbocycles. The summed E-state index contributed by atoms with van der Waals surface area (Å²) >= 11 is 20.2. The van der Waals surface area contributed by atoms with E-state index in [0.717, 1.165) is 77.4 Å². The molecule has 0 spiro atoms. The number of nitrogens with two attached hydrogens (primary N) is 2. The molecule has 12 rings (SSSR count). The number of phenols is 3. The highest BCUT2D eigenvalue weighted by molar-refractivity contribution is 6.32. The minimum atomic E-state index is -2.36. The molecule has 648 valence electrons. The van der Waals surface area contributed by atoms with E-state index in [2.05, 4.69) is 31.9 Å². The number of rotatable bonds is 25. The lowest BCUT2D eigenvalue weighted by atomic mass is 9.90. The highest BCUT2D eigenvalue weighted by Crippen LogP contribution is 2.50. The average Bonchev–Trinajstić information content (AvgIpc) is 0.723. The van der Waals surface area contributed by atoms with Gasteiger partial charge in [-0.2, -0.15) is 0 Å². The number of aliphatic hydroxyl groups is 6. The Morgan fingerprint density at radius 3 is 1.90 bits per heavy atom. The van der Waals surface area contributed by atoms with Crippen molar-refractivity contribution >= 4 is 88.1 Å². The van der Waals surface area contributed by atoms with E-state index in [9.17, 15) is 84.6 Å². The summed E-state index contributed by atoms with van der Waals surface area (Å²) in [5, 5.41) is 130. The number of carbonyl (C=O) groups excluding carboxylic acids is 8. The molecule has 10 unspecified atom stereocenters. The summed E-state index contributed by atoms with van der Waals surface area (Å²) < 4.78 is 50.0. The fourth-order valence-electron chi connectivity index (χ4n) is 13.7. The van der Waals surface area contributed by atoms with Crippen molar-refractivity contribution in [3.63, 3.8) is 0 Å². The van der Waals surface area contributed by atoms with Gasteiger partial charge < -0.3 is 132 Å². The van der Waals surface area contributed by atoms with Gasteiger partial charge in [-0.15, -0.1) is 0 Å². The van der Waals surface area contributed by atoms with Gasteiger partial charge in [-0.05, 0) is 146 Å². The largest absolute Gasteiger partial charge is 0.508 e. The second-order valence-corrected chi connectivity index (χ2v) is 31.3. The Hall–Kier alpha value is -11.0. The molecule has 7 amide bonds. The number of phenolic OH excluding ortho intramolecular Hbond substituents is 3. The van der Waals surface area contributed by atoms with E-state index in [1.165, 1.54) is 39.2 Å². The fraction of sp³-hybridized carbons (Fsp3) is 0.386. The quantitative estimate of drug-likeness (QED) is 0.0243. The molecule has 7 aromatic carbocycles. The molecule has 16 atom stereocenters. The van der Waals surface area contributed by atoms with Crippen molar-refractivity contribution in [3.05, 3.63) is 176 Å². The summed E-state index contributed by atoms with van der Waals surface area (Å²) in [5.74, 6) is -16.6. The second kappa shape index (κ2) is 40.1. The zero-order valence-corrected chi connectivity index (χ0v) is 68.4. The van der Waals surface area contributed by atoms with E-state index in [-0.39, 0.29) is 47.9 Å². The van der Waals surface area contributed by atoms with Crippen LogP contribution in [0, 0.1) is 5.92 Å². The van der Waals surface area contributed by atoms with Crippen molar-refractivity contribution in [3.8, 4) is 68.2 Å². The number of hydrogen-bond donors (Lipinski definition) is 18. The summed E-state index contributed by atoms with van der Waals surface area (Å²) in [6, 6.07) is 17.2. The van der Waals surface area contributed by atoms with Gasteiger partial charge in [0.25, 0.3) is 0 Å². The van der Waals surface area contributed by atoms with Gasteiger partial charge in [0.1, 0.15) is 77.3 Å². The molecule has 1 saturated heterocycles. The molecular formula is C83H93Cl3N8O27. The van der Waals surface area contributed by atoms with Gasteiger partial charge in [0, 0.05) is 46.3 Å². The van der Waals surface area contributed by atoms with E-state index >= 15 is 9.59 Å². The predicted octanol–water partition coefficient (Wildman–Crippen LogP) is 5.63. The third-order valence-corrected chi connectivity index (χ3v) is 21.1. The zero-order valence-electron chi connectivity index (χ0n) is 66.1. The SMILES string of the molecule is COC(=O)C(CNC(C)(C)C(O)C(C)OC(C)OC1C(Oc2c3cc4cc2Oc2ccc(cc2Cl)[C@@H](O)CC(=O)N[C@@H](C(=O)O)c2cc(O)cc(O)c2-c2cc(ccc2O)[C@H](C(N)=O)NC(=O)[C@@H]4NC(=O)[C@H](CC(N)=O)NC(=O)C(NC(=O)CCC(C)C)[C@H](O)c2ccc(c(Cl)c2)O3)OC(CO)C(O)C1O)OCc1ccc(-c2ccc(Cl)cc2)cc1. The lowest BCUT2D eigenvalue weighted by molar-refractivity contribution is -0.320. The number of aromatic hydroxyl groups is 3. The molecule has 38 heteroatoms. The molecule has 9 bridgehead atoms. The van der Waals surface area contributed by atoms with Gasteiger partial charge in [-0.1, -0.05) is 103 Å². The van der Waals surface area contributed by atoms with Crippen molar-refractivity contribution in [1.29, 1.82) is 0 Å². The number of benzene rings is 7. The highest BCUT2D eigenvalue weighted by Gasteiger charge is 2.49. The van der Waals surface area contributed by atoms with Crippen molar-refractivity contribution in [2.45, 2.75) is 177 Å². The maximum atomic E-state index is 15.9. The first kappa shape index (κ1) is 92.3. The lowest BCUT2D eigenvalue weighted by Crippen LogP contribution is -2.62. The van der Waals surface area contributed by atoms with E-state index in [1.807, 2.05) is 50.2 Å². The predicted molar refractivity (Wildman–Crippen MR) is 431 cm³/mol. The molecule has 0 radical (unpaired) electrons. The number of methoxy groups -OCH3 is 1. The molecule has 1 fully saturated rings. The maximum Gasteiger partial charge on any atom is 0.336 e. The Labute approximate surface area is 707 Å². The monoisotopic (exact) mass is 1740 g/mol. The van der Waals surface area contributed by atoms with E-state index in [4.69, 9.17) is 84.2 Å². The number of amides is 7. The third-order valence-electron chi connectivity index (χ3n) is 20.3. The first-order valence-corrected chi connectivity index (χ1v) is 39.1. The molecule has 0 saturated carbocycles. The number of carbonyl (C=O) groups is 9. The summed E-state index contributed by atoms with van der Waals surface area (Å²) in [6.45, 7) is 8.39. The Balaban J connectivity index is 1.09. The van der Waals surface area contributed by atoms with Crippen molar-refractivity contribution in [2.75, 3.05) is 20.3 Å². The Morgan fingerprint density at radius 1 is 0.686 bits per heavy atom. The Kier molecular flexibility index (Phi) is 30.6. The van der Waals surface area contributed by atoms with Gasteiger partial charge in [0.15, 0.2) is 36.0 Å². The van der Waals surface area contributed by atoms with Crippen LogP contribution < -0.4 is 57.6 Å². The second-order valence-electron chi connectivity index (χ2n) is 30.0. The number of ether oxygens (including phenoxy) is 8. The van der Waals surface area contributed by atoms with Crippen LogP contribution in [-0.4, -0.2) is 198 Å². The molecule has 5 aliphatic rings. The number of primary amides is 2. The molecule has 0 aromatic heterocycles. The van der Waals surface area contributed by atoms with Crippen LogP contribution in [0.25, 0.3) is 22.3 Å². The Morgan fingerprint density at radius 2 is 1.31 bits per heavy atom. The zero-order chi connectivity index (χ0) is 88.3. The lowest BCUT2D eigenvalue weighted by Gasteiger charge is -2.43. The molecule has 5 aliphatic heterocycles. The summed E-state index contributed by atoms with van der Waals surface area (Å²) in [7, 11) is 1.18. The van der Waals surface area contributed by atoms with Gasteiger partial charge in [0.05, 0.1) is 61.5 Å². The summed E-state index contributed by atoms with van der Waals surface area (Å²) in [5.41, 5.74) is 10.2. The number of halogens is 3. The van der Waals surface area contributed by atoms with E-state index < -0.39 is 249 Å². The van der Waals surface area contributed by atoms with Crippen molar-refractivity contribution in [1.82, 2.24) is 31.9 Å². The molecule has 7 aromatic rings. The van der Waals surface area contributed by atoms with E-state index in [1.54, 1.807) is 26.0 Å². The minimum Gasteiger partial charge on any atom is -0.508 e. The van der Waals surface area contributed by atoms with Gasteiger partial charge >= 0.3 is 11.9 Å². The first-order chi connectivity index (χ1) is 57.2. The first-order valence-electron chi connectivity index (χ1n) is 38.0. The number of nitrogens with one attached hydrogen (secondary N) is 6. The van der Waals surface area contributed by atoms with Gasteiger partial charge in [-0.3, -0.25) is 33.6 Å². The number of aliphatic carboxylic acids is 1. The number of hydrogen-bond acceptors (Lipinski definition) is 27. The van der Waals surface area contributed by atoms with Crippen molar-refractivity contribution < 1.29 is 132 Å². The number of esters is 1. The van der Waals surface area contributed by atoms with Crippen molar-refractivity contribution in [2.24, 2.45) is 17.4 Å². The van der Waals surface area contributed by atoms with Crippen LogP contribution in [0.3, 0.4) is 0 Å². The third kappa shape index (κ3) is 22.8. The van der Waals surface area contributed by atoms with Crippen LogP contribution >= 0.6 is 34.8 Å².